The number of anilines is 2. The maximum Gasteiger partial charge on any atom is 0.290 e. The van der Waals surface area contributed by atoms with Gasteiger partial charge in [-0.3, -0.25) is 4.79 Å². The first-order valence-electron chi connectivity index (χ1n) is 5.53. The molecule has 20 heavy (non-hydrogen) atoms. The molecular weight excluding hydrogens is 298 g/mol. The van der Waals surface area contributed by atoms with Crippen molar-refractivity contribution in [3.05, 3.63) is 47.2 Å². The Morgan fingerprint density at radius 3 is 2.75 bits per heavy atom. The van der Waals surface area contributed by atoms with E-state index in [1.54, 1.807) is 29.8 Å². The quantitative estimate of drug-likeness (QED) is 0.556. The number of nitrogens with one attached hydrogen (secondary N) is 1. The monoisotopic (exact) mass is 307 g/mol. The summed E-state index contributed by atoms with van der Waals surface area (Å²) in [5.41, 5.74) is 0.876. The Hall–Kier alpha value is -2.18. The highest BCUT2D eigenvalue weighted by Crippen LogP contribution is 2.27. The summed E-state index contributed by atoms with van der Waals surface area (Å²) in [5, 5.41) is 13.8. The minimum Gasteiger partial charge on any atom is -0.483 e. The van der Waals surface area contributed by atoms with Crippen LogP contribution in [-0.2, 0) is 4.79 Å². The van der Waals surface area contributed by atoms with Crippen molar-refractivity contribution in [3.8, 4) is 0 Å². The third-order valence-corrected chi connectivity index (χ3v) is 3.48. The Morgan fingerprint density at radius 2 is 2.05 bits per heavy atom. The van der Waals surface area contributed by atoms with Gasteiger partial charge in [0.15, 0.2) is 0 Å². The van der Waals surface area contributed by atoms with E-state index in [1.807, 2.05) is 12.1 Å². The van der Waals surface area contributed by atoms with Crippen molar-refractivity contribution < 1.29 is 9.90 Å². The third kappa shape index (κ3) is 3.43. The molecule has 0 spiro atoms. The fourth-order valence-corrected chi connectivity index (χ4v) is 2.47. The number of carbonyl (C=O) groups is 1. The summed E-state index contributed by atoms with van der Waals surface area (Å²) in [4.78, 5) is 16.7. The van der Waals surface area contributed by atoms with Gasteiger partial charge in [0, 0.05) is 16.3 Å². The lowest BCUT2D eigenvalue weighted by Gasteiger charge is -2.05. The highest BCUT2D eigenvalue weighted by atomic mass is 35.5. The molecule has 3 aromatic rings. The van der Waals surface area contributed by atoms with Crippen molar-refractivity contribution in [2.75, 3.05) is 5.32 Å². The van der Waals surface area contributed by atoms with Crippen LogP contribution in [0.4, 0.5) is 11.5 Å². The lowest BCUT2D eigenvalue weighted by molar-refractivity contribution is -0.122. The number of rotatable bonds is 2. The molecule has 2 N–H and O–H groups in total. The van der Waals surface area contributed by atoms with Crippen LogP contribution in [0.5, 0.6) is 0 Å². The topological polar surface area (TPSA) is 75.1 Å². The van der Waals surface area contributed by atoms with Crippen LogP contribution in [0.1, 0.15) is 0 Å². The van der Waals surface area contributed by atoms with Gasteiger partial charge in [0.25, 0.3) is 6.47 Å². The molecule has 7 heteroatoms. The van der Waals surface area contributed by atoms with E-state index in [9.17, 15) is 0 Å². The Balaban J connectivity index is 0.000000452. The molecule has 0 bridgehead atoms. The molecule has 0 aromatic carbocycles. The second-order valence-electron chi connectivity index (χ2n) is 3.59. The number of halogens is 1. The number of fused-ring (bicyclic) bond motifs is 1. The van der Waals surface area contributed by atoms with Gasteiger partial charge >= 0.3 is 0 Å². The number of hydrogen-bond donors (Lipinski definition) is 2. The van der Waals surface area contributed by atoms with E-state index in [2.05, 4.69) is 26.7 Å². The van der Waals surface area contributed by atoms with Crippen LogP contribution in [0.15, 0.2) is 42.0 Å². The fraction of sp³-hybridized carbons (Fsp3) is 0. The highest BCUT2D eigenvalue weighted by Gasteiger charge is 2.03. The molecule has 102 valence electrons. The van der Waals surface area contributed by atoms with Crippen molar-refractivity contribution in [3.63, 3.8) is 0 Å². The molecule has 0 atom stereocenters. The molecule has 0 saturated heterocycles. The zero-order valence-corrected chi connectivity index (χ0v) is 11.7. The predicted octanol–water partition coefficient (Wildman–Crippen LogP) is 3.79. The molecule has 3 rings (SSSR count). The van der Waals surface area contributed by atoms with E-state index >= 15 is 0 Å². The van der Waals surface area contributed by atoms with E-state index in [4.69, 9.17) is 21.5 Å². The van der Waals surface area contributed by atoms with Gasteiger partial charge in [-0.25, -0.2) is 9.97 Å². The van der Waals surface area contributed by atoms with Crippen LogP contribution < -0.4 is 5.32 Å². The van der Waals surface area contributed by atoms with E-state index in [0.29, 0.717) is 5.15 Å². The fourth-order valence-electron chi connectivity index (χ4n) is 1.58. The zero-order chi connectivity index (χ0) is 14.4. The Bertz CT molecular complexity index is 700. The molecule has 0 fully saturated rings. The van der Waals surface area contributed by atoms with Crippen LogP contribution in [0.3, 0.4) is 0 Å². The van der Waals surface area contributed by atoms with Gasteiger partial charge in [-0.1, -0.05) is 11.6 Å². The van der Waals surface area contributed by atoms with E-state index < -0.39 is 0 Å². The van der Waals surface area contributed by atoms with Gasteiger partial charge in [0.2, 0.25) is 0 Å². The van der Waals surface area contributed by atoms with Crippen molar-refractivity contribution in [2.45, 2.75) is 0 Å². The average molecular weight is 308 g/mol. The number of thiophene rings is 1. The van der Waals surface area contributed by atoms with Crippen LogP contribution in [0.2, 0.25) is 5.15 Å². The van der Waals surface area contributed by atoms with Crippen molar-refractivity contribution in [2.24, 2.45) is 0 Å². The van der Waals surface area contributed by atoms with Gasteiger partial charge in [0.1, 0.15) is 11.0 Å². The maximum atomic E-state index is 8.36. The Kier molecular flexibility index (Phi) is 4.86. The van der Waals surface area contributed by atoms with Gasteiger partial charge < -0.3 is 10.4 Å². The summed E-state index contributed by atoms with van der Waals surface area (Å²) in [6, 6.07) is 7.68. The summed E-state index contributed by atoms with van der Waals surface area (Å²) < 4.78 is 1.21. The van der Waals surface area contributed by atoms with Crippen LogP contribution in [-0.4, -0.2) is 21.5 Å². The lowest BCUT2D eigenvalue weighted by atomic mass is 10.3. The molecule has 0 aliphatic heterocycles. The minimum absolute atomic E-state index is 0.250. The smallest absolute Gasteiger partial charge is 0.290 e. The summed E-state index contributed by atoms with van der Waals surface area (Å²) >= 11 is 7.44. The van der Waals surface area contributed by atoms with Crippen LogP contribution in [0, 0.1) is 0 Å². The zero-order valence-electron chi connectivity index (χ0n) is 10.2. The van der Waals surface area contributed by atoms with Gasteiger partial charge in [0.05, 0.1) is 11.9 Å². The molecule has 5 nitrogen and oxygen atoms in total. The number of hydrogen-bond acceptors (Lipinski definition) is 5. The van der Waals surface area contributed by atoms with Gasteiger partial charge in [-0.2, -0.15) is 0 Å². The van der Waals surface area contributed by atoms with E-state index in [-0.39, 0.29) is 6.47 Å². The van der Waals surface area contributed by atoms with Gasteiger partial charge in [-0.15, -0.1) is 11.3 Å². The Labute approximate surface area is 123 Å². The molecule has 0 unspecified atom stereocenters. The second-order valence-corrected chi connectivity index (χ2v) is 4.93. The molecule has 0 aliphatic rings. The van der Waals surface area contributed by atoms with E-state index in [1.165, 1.54) is 4.70 Å². The predicted molar refractivity (Wildman–Crippen MR) is 80.8 cm³/mol. The average Bonchev–Trinajstić information content (AvgIpc) is 2.92. The number of pyridine rings is 2. The van der Waals surface area contributed by atoms with E-state index in [0.717, 1.165) is 16.9 Å². The number of nitrogens with zero attached hydrogens (tertiary/aromatic N) is 2. The van der Waals surface area contributed by atoms with Gasteiger partial charge in [-0.05, 0) is 29.6 Å². The third-order valence-electron chi connectivity index (χ3n) is 2.37. The summed E-state index contributed by atoms with van der Waals surface area (Å²) in [7, 11) is 0. The van der Waals surface area contributed by atoms with Crippen molar-refractivity contribution >= 4 is 51.0 Å². The normalized spacial score (nSPS) is 9.65. The first kappa shape index (κ1) is 14.2. The largest absolute Gasteiger partial charge is 0.483 e. The SMILES string of the molecule is Clc1ccc(Nc2nccc3sccc23)cn1.O=CO. The summed E-state index contributed by atoms with van der Waals surface area (Å²) in [6.07, 6.45) is 3.49. The summed E-state index contributed by atoms with van der Waals surface area (Å²) in [5.74, 6) is 0.841. The molecular formula is C13H10ClN3O2S. The second kappa shape index (κ2) is 6.83. The summed E-state index contributed by atoms with van der Waals surface area (Å²) in [6.45, 7) is -0.250. The number of aromatic nitrogens is 2. The van der Waals surface area contributed by atoms with Crippen LogP contribution in [0.25, 0.3) is 10.1 Å². The molecule has 0 radical (unpaired) electrons. The molecule has 0 amide bonds. The molecule has 0 aliphatic carbocycles. The van der Waals surface area contributed by atoms with Crippen LogP contribution >= 0.6 is 22.9 Å². The maximum absolute atomic E-state index is 8.36. The molecule has 3 heterocycles. The highest BCUT2D eigenvalue weighted by molar-refractivity contribution is 7.17. The lowest BCUT2D eigenvalue weighted by Crippen LogP contribution is -1.93. The first-order valence-corrected chi connectivity index (χ1v) is 6.79. The standard InChI is InChI=1S/C12H8ClN3S.CH2O2/c13-11-2-1-8(7-15-11)16-12-9-4-6-17-10(9)3-5-14-12;2-1-3/h1-7H,(H,14,16);1H,(H,2,3). The first-order chi connectivity index (χ1) is 9.74. The minimum atomic E-state index is -0.250. The molecule has 0 saturated carbocycles. The molecule has 3 aromatic heterocycles. The van der Waals surface area contributed by atoms with Crippen molar-refractivity contribution in [1.29, 1.82) is 0 Å². The Morgan fingerprint density at radius 1 is 1.25 bits per heavy atom. The number of carboxylic acid groups (broad SMARTS) is 1. The van der Waals surface area contributed by atoms with Crippen molar-refractivity contribution in [1.82, 2.24) is 9.97 Å².